The van der Waals surface area contributed by atoms with Gasteiger partial charge in [-0.15, -0.1) is 0 Å². The average molecular weight is 264 g/mol. The molecular weight excluding hydrogens is 247 g/mol. The van der Waals surface area contributed by atoms with Crippen molar-refractivity contribution in [3.63, 3.8) is 0 Å². The molecule has 1 heteroatoms. The van der Waals surface area contributed by atoms with Gasteiger partial charge in [0.15, 0.2) is 0 Å². The van der Waals surface area contributed by atoms with Gasteiger partial charge in [0.25, 0.3) is 0 Å². The molecule has 0 unspecified atom stereocenters. The van der Waals surface area contributed by atoms with Gasteiger partial charge in [0.1, 0.15) is 0 Å². The first kappa shape index (κ1) is 13.5. The van der Waals surface area contributed by atoms with Crippen molar-refractivity contribution in [3.05, 3.63) is 35.9 Å². The third-order valence-electron chi connectivity index (χ3n) is 0.940. The van der Waals surface area contributed by atoms with Crippen LogP contribution in [-0.4, -0.2) is 4.93 Å². The second-order valence-electron chi connectivity index (χ2n) is 1.65. The molecule has 0 fully saturated rings. The molecule has 0 heterocycles. The molecule has 0 aliphatic heterocycles. The lowest BCUT2D eigenvalue weighted by molar-refractivity contribution is 1.48. The summed E-state index contributed by atoms with van der Waals surface area (Å²) in [6.45, 7) is 6.08. The van der Waals surface area contributed by atoms with Crippen LogP contribution in [0.3, 0.4) is 0 Å². The maximum atomic E-state index is 2.15. The third-order valence-corrected chi connectivity index (χ3v) is 0.940. The van der Waals surface area contributed by atoms with Crippen LogP contribution in [0.25, 0.3) is 0 Å². The van der Waals surface area contributed by atoms with Gasteiger partial charge in [0, 0.05) is 0 Å². The highest BCUT2D eigenvalue weighted by atomic mass is 127. The first-order chi connectivity index (χ1) is 5.39. The number of benzene rings is 1. The highest BCUT2D eigenvalue weighted by molar-refractivity contribution is 14.1. The smallest absolute Gasteiger partial charge is 0.0121 e. The Morgan fingerprint density at radius 1 is 0.909 bits per heavy atom. The van der Waals surface area contributed by atoms with E-state index in [-0.39, 0.29) is 0 Å². The van der Waals surface area contributed by atoms with Crippen LogP contribution in [0.4, 0.5) is 0 Å². The molecule has 0 radical (unpaired) electrons. The van der Waals surface area contributed by atoms with E-state index in [1.54, 1.807) is 0 Å². The van der Waals surface area contributed by atoms with Gasteiger partial charge < -0.3 is 0 Å². The van der Waals surface area contributed by atoms with Crippen LogP contribution in [0.15, 0.2) is 30.3 Å². The van der Waals surface area contributed by atoms with Crippen LogP contribution in [0.1, 0.15) is 19.4 Å². The van der Waals surface area contributed by atoms with Crippen molar-refractivity contribution in [1.29, 1.82) is 0 Å². The van der Waals surface area contributed by atoms with Crippen LogP contribution < -0.4 is 0 Å². The van der Waals surface area contributed by atoms with Crippen LogP contribution in [0.5, 0.6) is 0 Å². The van der Waals surface area contributed by atoms with E-state index in [1.165, 1.54) is 5.56 Å². The van der Waals surface area contributed by atoms with Crippen molar-refractivity contribution >= 4 is 22.6 Å². The Balaban J connectivity index is 0. The average Bonchev–Trinajstić information content (AvgIpc) is 2.13. The molecule has 0 bridgehead atoms. The van der Waals surface area contributed by atoms with E-state index in [4.69, 9.17) is 0 Å². The summed E-state index contributed by atoms with van der Waals surface area (Å²) >= 11 is 2.15. The molecule has 0 nitrogen and oxygen atoms in total. The normalized spacial score (nSPS) is 6.64. The predicted octanol–water partition coefficient (Wildman–Crippen LogP) is 4.07. The minimum atomic E-state index is 1.32. The molecule has 0 aliphatic carbocycles. The number of halogens is 1. The topological polar surface area (TPSA) is 0 Å². The summed E-state index contributed by atoms with van der Waals surface area (Å²) in [5.41, 5.74) is 1.32. The largest absolute Gasteiger partial charge is 0.0901 e. The molecule has 0 atom stereocenters. The molecule has 1 aromatic rings. The van der Waals surface area contributed by atoms with Gasteiger partial charge in [0.05, 0.1) is 0 Å². The fraction of sp³-hybridized carbons (Fsp3) is 0.400. The quantitative estimate of drug-likeness (QED) is 0.489. The van der Waals surface area contributed by atoms with E-state index < -0.39 is 0 Å². The fourth-order valence-corrected chi connectivity index (χ4v) is 0.534. The Kier molecular flexibility index (Phi) is 15.5. The van der Waals surface area contributed by atoms with E-state index in [2.05, 4.69) is 41.6 Å². The van der Waals surface area contributed by atoms with Crippen molar-refractivity contribution in [1.82, 2.24) is 0 Å². The second kappa shape index (κ2) is 12.6. The summed E-state index contributed by atoms with van der Waals surface area (Å²) in [5.74, 6) is 0. The molecule has 1 rings (SSSR count). The summed E-state index contributed by atoms with van der Waals surface area (Å²) < 4.78 is 0. The van der Waals surface area contributed by atoms with Crippen molar-refractivity contribution < 1.29 is 0 Å². The lowest BCUT2D eigenvalue weighted by atomic mass is 10.2. The number of hydrogen-bond donors (Lipinski definition) is 0. The van der Waals surface area contributed by atoms with Crippen LogP contribution in [-0.2, 0) is 0 Å². The first-order valence-corrected chi connectivity index (χ1v) is 5.95. The van der Waals surface area contributed by atoms with Gasteiger partial charge in [-0.3, -0.25) is 0 Å². The van der Waals surface area contributed by atoms with Crippen molar-refractivity contribution in [3.8, 4) is 0 Å². The van der Waals surface area contributed by atoms with E-state index in [9.17, 15) is 0 Å². The van der Waals surface area contributed by atoms with Crippen molar-refractivity contribution in [2.24, 2.45) is 0 Å². The van der Waals surface area contributed by atoms with Crippen molar-refractivity contribution in [2.45, 2.75) is 20.8 Å². The minimum Gasteiger partial charge on any atom is -0.0901 e. The third kappa shape index (κ3) is 9.95. The van der Waals surface area contributed by atoms with Crippen LogP contribution in [0.2, 0.25) is 0 Å². The molecule has 0 saturated carbocycles. The minimum absolute atomic E-state index is 1.32. The van der Waals surface area contributed by atoms with Gasteiger partial charge in [-0.1, -0.05) is 72.3 Å². The van der Waals surface area contributed by atoms with Gasteiger partial charge >= 0.3 is 0 Å². The zero-order valence-electron chi connectivity index (χ0n) is 7.76. The monoisotopic (exact) mass is 264 g/mol. The Labute approximate surface area is 84.2 Å². The number of hydrogen-bond acceptors (Lipinski definition) is 0. The molecule has 0 aliphatic rings. The Hall–Kier alpha value is -0.0500. The standard InChI is InChI=1S/C7H8.C2H6.CH3I/c1-7-5-3-2-4-6-7;2*1-2/h2-6H,1H3;1-2H3;1H3. The van der Waals surface area contributed by atoms with Crippen LogP contribution >= 0.6 is 22.6 Å². The summed E-state index contributed by atoms with van der Waals surface area (Å²) in [7, 11) is 0. The van der Waals surface area contributed by atoms with E-state index >= 15 is 0 Å². The molecule has 11 heavy (non-hydrogen) atoms. The maximum absolute atomic E-state index is 2.15. The SMILES string of the molecule is CC.CI.Cc1ccccc1. The lowest BCUT2D eigenvalue weighted by Gasteiger charge is -1.82. The molecule has 64 valence electrons. The summed E-state index contributed by atoms with van der Waals surface area (Å²) in [4.78, 5) is 1.97. The molecule has 0 aromatic heterocycles. The summed E-state index contributed by atoms with van der Waals surface area (Å²) in [5, 5.41) is 0. The molecular formula is C10H17I. The van der Waals surface area contributed by atoms with E-state index in [0.717, 1.165) is 0 Å². The van der Waals surface area contributed by atoms with Gasteiger partial charge in [-0.25, -0.2) is 0 Å². The fourth-order valence-electron chi connectivity index (χ4n) is 0.534. The predicted molar refractivity (Wildman–Crippen MR) is 62.5 cm³/mol. The Morgan fingerprint density at radius 3 is 1.45 bits per heavy atom. The number of alkyl halides is 1. The zero-order valence-corrected chi connectivity index (χ0v) is 9.92. The molecule has 0 spiro atoms. The van der Waals surface area contributed by atoms with Gasteiger partial charge in [-0.05, 0) is 11.9 Å². The maximum Gasteiger partial charge on any atom is -0.0121 e. The molecule has 0 N–H and O–H groups in total. The highest BCUT2D eigenvalue weighted by Crippen LogP contribution is 1.92. The van der Waals surface area contributed by atoms with Gasteiger partial charge in [0.2, 0.25) is 0 Å². The number of aryl methyl sites for hydroxylation is 1. The summed E-state index contributed by atoms with van der Waals surface area (Å²) in [6, 6.07) is 10.3. The van der Waals surface area contributed by atoms with Gasteiger partial charge in [-0.2, -0.15) is 0 Å². The van der Waals surface area contributed by atoms with Crippen LogP contribution in [0, 0.1) is 6.92 Å². The summed E-state index contributed by atoms with van der Waals surface area (Å²) in [6.07, 6.45) is 0. The number of rotatable bonds is 0. The molecule has 0 saturated heterocycles. The first-order valence-electron chi connectivity index (χ1n) is 3.79. The Bertz CT molecular complexity index is 135. The molecule has 1 aromatic carbocycles. The Morgan fingerprint density at radius 2 is 1.27 bits per heavy atom. The van der Waals surface area contributed by atoms with E-state index in [1.807, 2.05) is 37.0 Å². The lowest BCUT2D eigenvalue weighted by Crippen LogP contribution is -1.62. The zero-order chi connectivity index (χ0) is 9.11. The van der Waals surface area contributed by atoms with E-state index in [0.29, 0.717) is 0 Å². The highest BCUT2D eigenvalue weighted by Gasteiger charge is 1.72. The van der Waals surface area contributed by atoms with Crippen molar-refractivity contribution in [2.75, 3.05) is 4.93 Å². The second-order valence-corrected chi connectivity index (χ2v) is 1.65. The molecule has 0 amide bonds.